The molecule has 30 heavy (non-hydrogen) atoms. The van der Waals surface area contributed by atoms with Gasteiger partial charge in [0.05, 0.1) is 6.61 Å². The normalized spacial score (nSPS) is 11.7. The van der Waals surface area contributed by atoms with Crippen molar-refractivity contribution >= 4 is 17.8 Å². The molecule has 0 radical (unpaired) electrons. The van der Waals surface area contributed by atoms with E-state index in [9.17, 15) is 14.4 Å². The van der Waals surface area contributed by atoms with E-state index in [0.29, 0.717) is 19.6 Å². The summed E-state index contributed by atoms with van der Waals surface area (Å²) in [5, 5.41) is 0. The highest BCUT2D eigenvalue weighted by Gasteiger charge is 2.14. The second-order valence-electron chi connectivity index (χ2n) is 8.05. The molecular formula is C24H45NO5. The Morgan fingerprint density at radius 1 is 0.767 bits per heavy atom. The molecule has 0 saturated carbocycles. The van der Waals surface area contributed by atoms with Gasteiger partial charge in [-0.15, -0.1) is 0 Å². The maximum Gasteiger partial charge on any atom is 0.305 e. The molecule has 0 aliphatic carbocycles. The van der Waals surface area contributed by atoms with Crippen LogP contribution >= 0.6 is 0 Å². The van der Waals surface area contributed by atoms with Gasteiger partial charge in [-0.3, -0.25) is 14.4 Å². The minimum Gasteiger partial charge on any atom is -0.466 e. The average molecular weight is 428 g/mol. The van der Waals surface area contributed by atoms with E-state index in [1.54, 1.807) is 6.92 Å². The third-order valence-electron chi connectivity index (χ3n) is 5.23. The molecule has 0 aliphatic rings. The fourth-order valence-corrected chi connectivity index (χ4v) is 3.57. The van der Waals surface area contributed by atoms with Gasteiger partial charge in [-0.2, -0.15) is 0 Å². The highest BCUT2D eigenvalue weighted by atomic mass is 16.5. The number of nitrogens with zero attached hydrogens (tertiary/aromatic N) is 1. The molecule has 0 spiro atoms. The first-order valence-corrected chi connectivity index (χ1v) is 12.0. The third kappa shape index (κ3) is 17.3. The lowest BCUT2D eigenvalue weighted by molar-refractivity contribution is -0.147. The van der Waals surface area contributed by atoms with Crippen molar-refractivity contribution in [1.29, 1.82) is 0 Å². The van der Waals surface area contributed by atoms with E-state index in [1.165, 1.54) is 32.6 Å². The van der Waals surface area contributed by atoms with Crippen molar-refractivity contribution in [2.45, 2.75) is 117 Å². The second kappa shape index (κ2) is 19.4. The van der Waals surface area contributed by atoms with Gasteiger partial charge in [-0.25, -0.2) is 0 Å². The molecule has 0 fully saturated rings. The van der Waals surface area contributed by atoms with Gasteiger partial charge in [0.2, 0.25) is 5.91 Å². The molecule has 0 aromatic carbocycles. The summed E-state index contributed by atoms with van der Waals surface area (Å²) in [7, 11) is 0. The summed E-state index contributed by atoms with van der Waals surface area (Å²) in [6.45, 7) is 8.97. The van der Waals surface area contributed by atoms with Gasteiger partial charge in [0, 0.05) is 33.4 Å². The summed E-state index contributed by atoms with van der Waals surface area (Å²) >= 11 is 0. The van der Waals surface area contributed by atoms with E-state index >= 15 is 0 Å². The van der Waals surface area contributed by atoms with Crippen LogP contribution in [0.5, 0.6) is 0 Å². The quantitative estimate of drug-likeness (QED) is 0.203. The minimum absolute atomic E-state index is 0.0409. The molecule has 0 saturated heterocycles. The molecule has 0 bridgehead atoms. The highest BCUT2D eigenvalue weighted by Crippen LogP contribution is 2.15. The smallest absolute Gasteiger partial charge is 0.305 e. The molecule has 0 aromatic rings. The first-order valence-electron chi connectivity index (χ1n) is 12.0. The van der Waals surface area contributed by atoms with E-state index in [4.69, 9.17) is 9.47 Å². The zero-order valence-corrected chi connectivity index (χ0v) is 19.9. The van der Waals surface area contributed by atoms with Crippen LogP contribution in [0.2, 0.25) is 0 Å². The molecule has 0 heterocycles. The molecule has 6 nitrogen and oxygen atoms in total. The lowest BCUT2D eigenvalue weighted by Gasteiger charge is -2.23. The maximum atomic E-state index is 11.9. The number of carbonyl (C=O) groups is 3. The third-order valence-corrected chi connectivity index (χ3v) is 5.23. The van der Waals surface area contributed by atoms with Crippen LogP contribution < -0.4 is 0 Å². The van der Waals surface area contributed by atoms with Gasteiger partial charge < -0.3 is 14.4 Å². The van der Waals surface area contributed by atoms with Crippen molar-refractivity contribution < 1.29 is 23.9 Å². The van der Waals surface area contributed by atoms with Gasteiger partial charge in [0.25, 0.3) is 0 Å². The van der Waals surface area contributed by atoms with E-state index in [2.05, 4.69) is 6.92 Å². The van der Waals surface area contributed by atoms with Crippen LogP contribution in [-0.2, 0) is 23.9 Å². The van der Waals surface area contributed by atoms with Crippen LogP contribution in [-0.4, -0.2) is 48.5 Å². The van der Waals surface area contributed by atoms with Crippen molar-refractivity contribution in [3.05, 3.63) is 0 Å². The summed E-state index contributed by atoms with van der Waals surface area (Å²) in [6.07, 6.45) is 12.7. The number of esters is 2. The van der Waals surface area contributed by atoms with Gasteiger partial charge in [-0.1, -0.05) is 45.4 Å². The van der Waals surface area contributed by atoms with Crippen molar-refractivity contribution in [3.63, 3.8) is 0 Å². The average Bonchev–Trinajstić information content (AvgIpc) is 2.68. The van der Waals surface area contributed by atoms with Crippen LogP contribution in [0.1, 0.15) is 111 Å². The second-order valence-corrected chi connectivity index (χ2v) is 8.05. The Balaban J connectivity index is 4.09. The van der Waals surface area contributed by atoms with Crippen LogP contribution in [0, 0.1) is 0 Å². The summed E-state index contributed by atoms with van der Waals surface area (Å²) in [5.74, 6) is -0.263. The Morgan fingerprint density at radius 2 is 1.37 bits per heavy atom. The molecule has 0 aliphatic heterocycles. The molecule has 1 atom stereocenters. The van der Waals surface area contributed by atoms with Crippen LogP contribution in [0.15, 0.2) is 0 Å². The predicted octanol–water partition coefficient (Wildman–Crippen LogP) is 5.42. The summed E-state index contributed by atoms with van der Waals surface area (Å²) in [4.78, 5) is 36.5. The Bertz CT molecular complexity index is 467. The summed E-state index contributed by atoms with van der Waals surface area (Å²) in [5.41, 5.74) is 0. The van der Waals surface area contributed by atoms with Crippen molar-refractivity contribution in [2.24, 2.45) is 0 Å². The zero-order valence-electron chi connectivity index (χ0n) is 19.9. The van der Waals surface area contributed by atoms with Crippen molar-refractivity contribution in [3.8, 4) is 0 Å². The SMILES string of the molecule is CCCCCCCC(CCCN(CCCCCCC(=O)OCC)C(C)=O)OC(C)=O. The Hall–Kier alpha value is -1.59. The van der Waals surface area contributed by atoms with E-state index < -0.39 is 0 Å². The number of hydrogen-bond donors (Lipinski definition) is 0. The fraction of sp³-hybridized carbons (Fsp3) is 0.875. The predicted molar refractivity (Wildman–Crippen MR) is 120 cm³/mol. The van der Waals surface area contributed by atoms with E-state index in [1.807, 2.05) is 11.8 Å². The number of ether oxygens (including phenoxy) is 2. The molecule has 1 unspecified atom stereocenters. The molecular weight excluding hydrogens is 382 g/mol. The molecule has 6 heteroatoms. The first-order chi connectivity index (χ1) is 14.4. The van der Waals surface area contributed by atoms with Gasteiger partial charge in [0.15, 0.2) is 0 Å². The number of amides is 1. The molecule has 0 rings (SSSR count). The van der Waals surface area contributed by atoms with Crippen molar-refractivity contribution in [1.82, 2.24) is 4.90 Å². The van der Waals surface area contributed by atoms with E-state index in [-0.39, 0.29) is 23.9 Å². The fourth-order valence-electron chi connectivity index (χ4n) is 3.57. The van der Waals surface area contributed by atoms with Crippen LogP contribution in [0.4, 0.5) is 0 Å². The standard InChI is InChI=1S/C24H45NO5/c1-5-7-8-9-12-16-23(30-22(4)27)17-15-20-25(21(3)26)19-14-11-10-13-18-24(28)29-6-2/h23H,5-20H2,1-4H3. The number of hydrogen-bond acceptors (Lipinski definition) is 5. The topological polar surface area (TPSA) is 72.9 Å². The van der Waals surface area contributed by atoms with Gasteiger partial charge >= 0.3 is 11.9 Å². The van der Waals surface area contributed by atoms with Crippen LogP contribution in [0.25, 0.3) is 0 Å². The maximum absolute atomic E-state index is 11.9. The monoisotopic (exact) mass is 427 g/mol. The Morgan fingerprint density at radius 3 is 2.00 bits per heavy atom. The minimum atomic E-state index is -0.222. The lowest BCUT2D eigenvalue weighted by atomic mass is 10.0. The Kier molecular flexibility index (Phi) is 18.4. The number of carbonyl (C=O) groups excluding carboxylic acids is 3. The van der Waals surface area contributed by atoms with E-state index in [0.717, 1.165) is 57.9 Å². The van der Waals surface area contributed by atoms with Crippen LogP contribution in [0.3, 0.4) is 0 Å². The molecule has 176 valence electrons. The van der Waals surface area contributed by atoms with Crippen molar-refractivity contribution in [2.75, 3.05) is 19.7 Å². The molecule has 0 N–H and O–H groups in total. The summed E-state index contributed by atoms with van der Waals surface area (Å²) < 4.78 is 10.4. The number of rotatable bonds is 19. The first kappa shape index (κ1) is 28.4. The summed E-state index contributed by atoms with van der Waals surface area (Å²) in [6, 6.07) is 0. The highest BCUT2D eigenvalue weighted by molar-refractivity contribution is 5.73. The zero-order chi connectivity index (χ0) is 22.6. The Labute approximate surface area is 184 Å². The largest absolute Gasteiger partial charge is 0.466 e. The van der Waals surface area contributed by atoms with Gasteiger partial charge in [-0.05, 0) is 45.4 Å². The van der Waals surface area contributed by atoms with Gasteiger partial charge in [0.1, 0.15) is 6.10 Å². The number of unbranched alkanes of at least 4 members (excludes halogenated alkanes) is 7. The lowest BCUT2D eigenvalue weighted by Crippen LogP contribution is -2.31. The molecule has 1 amide bonds. The molecule has 0 aromatic heterocycles.